The predicted molar refractivity (Wildman–Crippen MR) is 69.5 cm³/mol. The lowest BCUT2D eigenvalue weighted by Gasteiger charge is -2.10. The van der Waals surface area contributed by atoms with Crippen LogP contribution in [0.4, 0.5) is 0 Å². The third-order valence-corrected chi connectivity index (χ3v) is 4.26. The first-order valence-corrected chi connectivity index (χ1v) is 7.50. The van der Waals surface area contributed by atoms with Crippen LogP contribution in [-0.2, 0) is 4.79 Å². The second-order valence-corrected chi connectivity index (χ2v) is 6.45. The molecule has 5 nitrogen and oxygen atoms in total. The molecule has 4 N–H and O–H groups in total. The van der Waals surface area contributed by atoms with Crippen LogP contribution in [0.2, 0.25) is 0 Å². The minimum absolute atomic E-state index is 0.00830. The van der Waals surface area contributed by atoms with Crippen LogP contribution in [-0.4, -0.2) is 32.5 Å². The average Bonchev–Trinajstić information content (AvgIpc) is 2.22. The molecule has 0 unspecified atom stereocenters. The molecule has 0 atom stereocenters. The molecule has 0 saturated heterocycles. The second-order valence-electron chi connectivity index (χ2n) is 4.00. The second kappa shape index (κ2) is 7.54. The van der Waals surface area contributed by atoms with Gasteiger partial charge in [-0.15, -0.1) is 0 Å². The molecule has 0 heterocycles. The Kier molecular flexibility index (Phi) is 7.19. The van der Waals surface area contributed by atoms with Gasteiger partial charge in [0, 0.05) is 6.92 Å². The fraction of sp³-hybridized carbons (Fsp3) is 0.636. The smallest absolute Gasteiger partial charge is 0.335 e. The highest BCUT2D eigenvalue weighted by Gasteiger charge is 2.39. The van der Waals surface area contributed by atoms with Gasteiger partial charge in [0.05, 0.1) is 5.57 Å². The average molecular weight is 262 g/mol. The van der Waals surface area contributed by atoms with Crippen LogP contribution < -0.4 is 0 Å². The molecular weight excluding hydrogens is 241 g/mol. The topological polar surface area (TPSA) is 102 Å². The number of nitrogens with one attached hydrogen (secondary N) is 1. The van der Waals surface area contributed by atoms with Crippen LogP contribution in [0.1, 0.15) is 39.5 Å². The fourth-order valence-electron chi connectivity index (χ4n) is 1.25. The number of carboxylic acids is 1. The van der Waals surface area contributed by atoms with Crippen molar-refractivity contribution in [2.24, 2.45) is 0 Å². The van der Waals surface area contributed by atoms with Gasteiger partial charge < -0.3 is 5.11 Å². The lowest BCUT2D eigenvalue weighted by atomic mass is 10.1. The zero-order valence-corrected chi connectivity index (χ0v) is 11.2. The van der Waals surface area contributed by atoms with Crippen molar-refractivity contribution in [3.8, 4) is 0 Å². The van der Waals surface area contributed by atoms with Gasteiger partial charge in [-0.1, -0.05) is 25.8 Å². The maximum Gasteiger partial charge on any atom is 0.335 e. The Morgan fingerprint density at radius 2 is 1.94 bits per heavy atom. The highest BCUT2D eigenvalue weighted by molar-refractivity contribution is 7.81. The number of unbranched alkanes of at least 4 members (excludes halogenated alkanes) is 3. The van der Waals surface area contributed by atoms with Crippen molar-refractivity contribution in [1.29, 1.82) is 5.41 Å². The van der Waals surface area contributed by atoms with Gasteiger partial charge >= 0.3 is 13.7 Å². The van der Waals surface area contributed by atoms with E-state index in [1.807, 2.05) is 0 Å². The maximum atomic E-state index is 10.9. The van der Waals surface area contributed by atoms with Gasteiger partial charge in [0.25, 0.3) is 0 Å². The first kappa shape index (κ1) is 16.2. The Hall–Kier alpha value is -0.770. The van der Waals surface area contributed by atoms with Crippen molar-refractivity contribution in [2.45, 2.75) is 39.5 Å². The first-order chi connectivity index (χ1) is 7.81. The zero-order valence-electron chi connectivity index (χ0n) is 10.3. The van der Waals surface area contributed by atoms with E-state index in [0.29, 0.717) is 6.42 Å². The quantitative estimate of drug-likeness (QED) is 0.233. The van der Waals surface area contributed by atoms with Crippen LogP contribution >= 0.6 is 7.72 Å². The summed E-state index contributed by atoms with van der Waals surface area (Å²) in [4.78, 5) is 30.0. The number of hydrogen-bond acceptors (Lipinski definition) is 4. The van der Waals surface area contributed by atoms with Crippen molar-refractivity contribution in [3.05, 3.63) is 11.6 Å². The van der Waals surface area contributed by atoms with Gasteiger partial charge in [-0.05, 0) is 12.8 Å². The highest BCUT2D eigenvalue weighted by Crippen LogP contribution is 2.52. The number of rotatable bonds is 8. The van der Waals surface area contributed by atoms with Crippen molar-refractivity contribution in [3.63, 3.8) is 0 Å². The van der Waals surface area contributed by atoms with Crippen molar-refractivity contribution in [2.75, 3.05) is 6.16 Å². The van der Waals surface area contributed by atoms with Crippen LogP contribution in [0.5, 0.6) is 0 Å². The molecule has 0 spiro atoms. The van der Waals surface area contributed by atoms with Crippen LogP contribution in [0.3, 0.4) is 0 Å². The molecule has 98 valence electrons. The summed E-state index contributed by atoms with van der Waals surface area (Å²) in [6, 6.07) is 0. The lowest BCUT2D eigenvalue weighted by Crippen LogP contribution is -2.12. The summed E-state index contributed by atoms with van der Waals surface area (Å²) in [7, 11) is -3.55. The van der Waals surface area contributed by atoms with E-state index in [1.54, 1.807) is 0 Å². The van der Waals surface area contributed by atoms with Gasteiger partial charge in [0.15, 0.2) is 0 Å². The van der Waals surface area contributed by atoms with Crippen molar-refractivity contribution in [1.82, 2.24) is 0 Å². The monoisotopic (exact) mass is 262 g/mol. The molecule has 6 heteroatoms. The molecule has 0 amide bonds. The van der Waals surface area contributed by atoms with E-state index in [0.717, 1.165) is 19.3 Å². The summed E-state index contributed by atoms with van der Waals surface area (Å²) in [6.45, 7) is 3.34. The number of carbonyl (C=O) groups is 1. The summed E-state index contributed by atoms with van der Waals surface area (Å²) < 4.78 is 0. The van der Waals surface area contributed by atoms with Gasteiger partial charge in [-0.25, -0.2) is 14.6 Å². The van der Waals surface area contributed by atoms with Crippen LogP contribution in [0, 0.1) is 5.41 Å². The van der Waals surface area contributed by atoms with E-state index in [1.165, 1.54) is 13.0 Å². The van der Waals surface area contributed by atoms with E-state index in [-0.39, 0.29) is 17.2 Å². The Balaban J connectivity index is 4.54. The Morgan fingerprint density at radius 1 is 1.35 bits per heavy atom. The summed E-state index contributed by atoms with van der Waals surface area (Å²) in [5.41, 5.74) is -0.260. The minimum atomic E-state index is -3.55. The molecule has 0 aromatic carbocycles. The summed E-state index contributed by atoms with van der Waals surface area (Å²) >= 11 is 0. The van der Waals surface area contributed by atoms with Gasteiger partial charge in [0.2, 0.25) is 5.45 Å². The third-order valence-electron chi connectivity index (χ3n) is 2.40. The van der Waals surface area contributed by atoms with Gasteiger partial charge in [0.1, 0.15) is 6.16 Å². The third kappa shape index (κ3) is 6.51. The molecule has 0 aliphatic rings. The fourth-order valence-corrected chi connectivity index (χ4v) is 2.22. The molecule has 0 radical (unpaired) electrons. The van der Waals surface area contributed by atoms with Crippen LogP contribution in [0.25, 0.3) is 0 Å². The van der Waals surface area contributed by atoms with E-state index < -0.39 is 13.7 Å². The molecule has 0 aromatic heterocycles. The zero-order chi connectivity index (χ0) is 13.5. The normalized spacial score (nSPS) is 12.6. The Bertz CT molecular complexity index is 313. The molecule has 0 aliphatic carbocycles. The van der Waals surface area contributed by atoms with Crippen molar-refractivity contribution < 1.29 is 19.7 Å². The standard InChI is InChI=1S/C11H20NO4P/c1-3-4-5-6-7-10(11(13)14)8-17(15,16)9(2)12/h7,12,15-16H,3-6,8H2,1-2H3/p+1. The first-order valence-electron chi connectivity index (χ1n) is 5.63. The molecular formula is C11H21NO4P+. The van der Waals surface area contributed by atoms with Gasteiger partial charge in [-0.3, -0.25) is 5.41 Å². The number of carboxylic acid groups (broad SMARTS) is 1. The molecule has 0 aliphatic heterocycles. The number of hydrogen-bond donors (Lipinski definition) is 4. The Labute approximate surface area is 102 Å². The SMILES string of the molecule is CCCCCC=C(C[P+](O)(O)C(C)=N)C(=O)O. The largest absolute Gasteiger partial charge is 0.478 e. The Morgan fingerprint density at radius 3 is 2.35 bits per heavy atom. The van der Waals surface area contributed by atoms with E-state index >= 15 is 0 Å². The van der Waals surface area contributed by atoms with Crippen molar-refractivity contribution >= 4 is 19.1 Å². The molecule has 0 saturated carbocycles. The maximum absolute atomic E-state index is 10.9. The van der Waals surface area contributed by atoms with Crippen LogP contribution in [0.15, 0.2) is 11.6 Å². The molecule has 17 heavy (non-hydrogen) atoms. The summed E-state index contributed by atoms with van der Waals surface area (Å²) in [5.74, 6) is -1.14. The molecule has 0 fully saturated rings. The van der Waals surface area contributed by atoms with E-state index in [9.17, 15) is 14.6 Å². The highest BCUT2D eigenvalue weighted by atomic mass is 31.2. The predicted octanol–water partition coefficient (Wildman–Crippen LogP) is 2.41. The lowest BCUT2D eigenvalue weighted by molar-refractivity contribution is -0.132. The molecule has 0 bridgehead atoms. The number of allylic oxidation sites excluding steroid dienone is 1. The molecule has 0 rings (SSSR count). The van der Waals surface area contributed by atoms with E-state index in [4.69, 9.17) is 10.5 Å². The number of aliphatic carboxylic acids is 1. The molecule has 0 aromatic rings. The summed E-state index contributed by atoms with van der Waals surface area (Å²) in [6.07, 6.45) is 4.76. The van der Waals surface area contributed by atoms with E-state index in [2.05, 4.69) is 6.92 Å². The minimum Gasteiger partial charge on any atom is -0.478 e. The summed E-state index contributed by atoms with van der Waals surface area (Å²) in [5, 5.41) is 16.1. The van der Waals surface area contributed by atoms with Gasteiger partial charge in [-0.2, -0.15) is 0 Å².